The summed E-state index contributed by atoms with van der Waals surface area (Å²) in [6.07, 6.45) is 11.3. The van der Waals surface area contributed by atoms with E-state index >= 15 is 0 Å². The first-order valence-corrected chi connectivity index (χ1v) is 12.0. The van der Waals surface area contributed by atoms with Crippen LogP contribution < -0.4 is 10.9 Å². The second-order valence-corrected chi connectivity index (χ2v) is 9.88. The van der Waals surface area contributed by atoms with Crippen molar-refractivity contribution in [3.05, 3.63) is 112 Å². The highest BCUT2D eigenvalue weighted by atomic mass is 16.2. The maximum atomic E-state index is 12.9. The van der Waals surface area contributed by atoms with Crippen molar-refractivity contribution in [2.24, 2.45) is 0 Å². The van der Waals surface area contributed by atoms with Crippen LogP contribution in [0.2, 0.25) is 0 Å². The fourth-order valence-corrected chi connectivity index (χ4v) is 4.20. The van der Waals surface area contributed by atoms with Gasteiger partial charge in [-0.25, -0.2) is 0 Å². The molecule has 178 valence electrons. The Kier molecular flexibility index (Phi) is 8.27. The number of hydrogen-bond donors (Lipinski definition) is 2. The molecule has 2 N–H and O–H groups in total. The van der Waals surface area contributed by atoms with Gasteiger partial charge in [0.2, 0.25) is 5.91 Å². The first kappa shape index (κ1) is 25.2. The van der Waals surface area contributed by atoms with Crippen LogP contribution >= 0.6 is 0 Å². The SMILES string of the molecule is C=C/C=C(\C=C)CCCc1ccc(/C(=C/[C@H]2CCC(=O)N2)c2ccc(C(C)(C)C)cc2)[nH]c1=O. The zero-order chi connectivity index (χ0) is 24.7. The van der Waals surface area contributed by atoms with E-state index in [2.05, 4.69) is 74.6 Å². The van der Waals surface area contributed by atoms with Gasteiger partial charge in [-0.2, -0.15) is 0 Å². The van der Waals surface area contributed by atoms with E-state index in [1.54, 1.807) is 6.08 Å². The third-order valence-corrected chi connectivity index (χ3v) is 6.25. The van der Waals surface area contributed by atoms with Crippen LogP contribution in [0.1, 0.15) is 68.8 Å². The van der Waals surface area contributed by atoms with Crippen LogP contribution in [0, 0.1) is 0 Å². The smallest absolute Gasteiger partial charge is 0.251 e. The molecule has 1 saturated heterocycles. The van der Waals surface area contributed by atoms with Gasteiger partial charge < -0.3 is 10.3 Å². The lowest BCUT2D eigenvalue weighted by molar-refractivity contribution is -0.119. The van der Waals surface area contributed by atoms with E-state index in [1.165, 1.54) is 5.56 Å². The van der Waals surface area contributed by atoms with Gasteiger partial charge in [0.1, 0.15) is 0 Å². The highest BCUT2D eigenvalue weighted by Gasteiger charge is 2.21. The topological polar surface area (TPSA) is 62.0 Å². The second-order valence-electron chi connectivity index (χ2n) is 9.88. The van der Waals surface area contributed by atoms with Gasteiger partial charge in [-0.05, 0) is 53.9 Å². The second kappa shape index (κ2) is 11.1. The van der Waals surface area contributed by atoms with Gasteiger partial charge in [0.05, 0.1) is 0 Å². The third-order valence-electron chi connectivity index (χ3n) is 6.25. The molecule has 34 heavy (non-hydrogen) atoms. The monoisotopic (exact) mass is 456 g/mol. The molecule has 2 aromatic rings. The molecule has 1 atom stereocenters. The van der Waals surface area contributed by atoms with Crippen LogP contribution in [0.25, 0.3) is 5.57 Å². The minimum Gasteiger partial charge on any atom is -0.350 e. The lowest BCUT2D eigenvalue weighted by Crippen LogP contribution is -2.24. The molecule has 4 heteroatoms. The van der Waals surface area contributed by atoms with Crippen molar-refractivity contribution < 1.29 is 4.79 Å². The average molecular weight is 457 g/mol. The van der Waals surface area contributed by atoms with Crippen molar-refractivity contribution in [2.45, 2.75) is 64.3 Å². The normalized spacial score (nSPS) is 16.9. The van der Waals surface area contributed by atoms with Crippen LogP contribution in [0.3, 0.4) is 0 Å². The Balaban J connectivity index is 1.88. The molecule has 0 spiro atoms. The molecular weight excluding hydrogens is 420 g/mol. The van der Waals surface area contributed by atoms with E-state index in [4.69, 9.17) is 0 Å². The van der Waals surface area contributed by atoms with Crippen LogP contribution in [-0.4, -0.2) is 16.9 Å². The van der Waals surface area contributed by atoms with Crippen molar-refractivity contribution in [3.8, 4) is 0 Å². The maximum Gasteiger partial charge on any atom is 0.251 e. The zero-order valence-electron chi connectivity index (χ0n) is 20.6. The number of amides is 1. The summed E-state index contributed by atoms with van der Waals surface area (Å²) in [5.74, 6) is 0.0666. The average Bonchev–Trinajstić information content (AvgIpc) is 3.22. The van der Waals surface area contributed by atoms with E-state index in [1.807, 2.05) is 24.3 Å². The molecule has 0 aliphatic carbocycles. The molecule has 2 heterocycles. The molecule has 0 unspecified atom stereocenters. The van der Waals surface area contributed by atoms with Crippen LogP contribution in [0.5, 0.6) is 0 Å². The van der Waals surface area contributed by atoms with Crippen LogP contribution in [0.15, 0.2) is 84.2 Å². The number of aromatic amines is 1. The van der Waals surface area contributed by atoms with Crippen LogP contribution in [-0.2, 0) is 16.6 Å². The summed E-state index contributed by atoms with van der Waals surface area (Å²) >= 11 is 0. The Morgan fingerprint density at radius 3 is 2.38 bits per heavy atom. The quantitative estimate of drug-likeness (QED) is 0.454. The zero-order valence-corrected chi connectivity index (χ0v) is 20.6. The van der Waals surface area contributed by atoms with Gasteiger partial charge >= 0.3 is 0 Å². The minimum atomic E-state index is -0.0713. The molecule has 1 aromatic heterocycles. The van der Waals surface area contributed by atoms with E-state index in [0.717, 1.165) is 47.2 Å². The summed E-state index contributed by atoms with van der Waals surface area (Å²) in [7, 11) is 0. The van der Waals surface area contributed by atoms with Gasteiger partial charge in [-0.15, -0.1) is 0 Å². The van der Waals surface area contributed by atoms with Crippen molar-refractivity contribution >= 4 is 11.5 Å². The summed E-state index contributed by atoms with van der Waals surface area (Å²) < 4.78 is 0. The highest BCUT2D eigenvalue weighted by molar-refractivity contribution is 5.82. The molecule has 1 aliphatic heterocycles. The number of hydrogen-bond acceptors (Lipinski definition) is 2. The summed E-state index contributed by atoms with van der Waals surface area (Å²) in [4.78, 5) is 27.8. The Morgan fingerprint density at radius 2 is 1.82 bits per heavy atom. The minimum absolute atomic E-state index is 0.0399. The number of pyridine rings is 1. The summed E-state index contributed by atoms with van der Waals surface area (Å²) in [5.41, 5.74) is 5.83. The number of aromatic nitrogens is 1. The summed E-state index contributed by atoms with van der Waals surface area (Å²) in [5, 5.41) is 3.01. The van der Waals surface area contributed by atoms with Crippen molar-refractivity contribution in [2.75, 3.05) is 0 Å². The molecule has 1 fully saturated rings. The van der Waals surface area contributed by atoms with E-state index < -0.39 is 0 Å². The molecule has 0 bridgehead atoms. The predicted octanol–water partition coefficient (Wildman–Crippen LogP) is 6.00. The van der Waals surface area contributed by atoms with Gasteiger partial charge in [0.25, 0.3) is 5.56 Å². The fourth-order valence-electron chi connectivity index (χ4n) is 4.20. The van der Waals surface area contributed by atoms with E-state index in [9.17, 15) is 9.59 Å². The highest BCUT2D eigenvalue weighted by Crippen LogP contribution is 2.28. The lowest BCUT2D eigenvalue weighted by Gasteiger charge is -2.20. The first-order valence-electron chi connectivity index (χ1n) is 12.0. The van der Waals surface area contributed by atoms with Crippen molar-refractivity contribution in [1.29, 1.82) is 0 Å². The molecule has 0 radical (unpaired) electrons. The lowest BCUT2D eigenvalue weighted by atomic mass is 9.86. The van der Waals surface area contributed by atoms with Gasteiger partial charge in [0.15, 0.2) is 0 Å². The number of carbonyl (C=O) groups excluding carboxylic acids is 1. The van der Waals surface area contributed by atoms with Gasteiger partial charge in [0, 0.05) is 29.3 Å². The van der Waals surface area contributed by atoms with Crippen molar-refractivity contribution in [1.82, 2.24) is 10.3 Å². The fraction of sp³-hybridized carbons (Fsp3) is 0.333. The molecule has 1 aliphatic rings. The molecule has 4 nitrogen and oxygen atoms in total. The van der Waals surface area contributed by atoms with E-state index in [-0.39, 0.29) is 22.9 Å². The molecule has 0 saturated carbocycles. The molecule has 1 amide bonds. The maximum absolute atomic E-state index is 12.9. The van der Waals surface area contributed by atoms with Crippen LogP contribution in [0.4, 0.5) is 0 Å². The largest absolute Gasteiger partial charge is 0.350 e. The molecular formula is C30H36N2O2. The first-order chi connectivity index (χ1) is 16.2. The van der Waals surface area contributed by atoms with Crippen molar-refractivity contribution in [3.63, 3.8) is 0 Å². The Morgan fingerprint density at radius 1 is 1.09 bits per heavy atom. The van der Waals surface area contributed by atoms with Gasteiger partial charge in [-0.3, -0.25) is 9.59 Å². The third kappa shape index (κ3) is 6.57. The number of nitrogens with one attached hydrogen (secondary N) is 2. The standard InChI is InChI=1S/C30H36N2O2/c1-6-9-21(7-2)10-8-11-23-14-18-27(32-29(23)34)26(20-25-17-19-28(33)31-25)22-12-15-24(16-13-22)30(3,4)5/h6-7,9,12-16,18,20,25H,1-2,8,10-11,17,19H2,3-5H3,(H,31,33)(H,32,34)/b21-9+,26-20+/t25-/m1/s1. The summed E-state index contributed by atoms with van der Waals surface area (Å²) in [6.45, 7) is 14.1. The Labute approximate surface area is 203 Å². The van der Waals surface area contributed by atoms with Gasteiger partial charge in [-0.1, -0.05) is 88.6 Å². The number of allylic oxidation sites excluding steroid dienone is 4. The van der Waals surface area contributed by atoms with E-state index in [0.29, 0.717) is 12.8 Å². The number of rotatable bonds is 9. The predicted molar refractivity (Wildman–Crippen MR) is 142 cm³/mol. The number of benzene rings is 1. The number of aryl methyl sites for hydroxylation is 1. The Bertz CT molecular complexity index is 1160. The Hall–Kier alpha value is -3.40. The number of carbonyl (C=O) groups is 1. The number of H-pyrrole nitrogens is 1. The molecule has 3 rings (SSSR count). The summed E-state index contributed by atoms with van der Waals surface area (Å²) in [6, 6.07) is 12.3. The molecule has 1 aromatic carbocycles.